The SMILES string of the molecule is CCn1cc(C(=O)N2CCC(S(C)(=O)=O)CC2)c(=O)c2ccc(C)nc21. The molecule has 1 fully saturated rings. The van der Waals surface area contributed by atoms with Crippen LogP contribution < -0.4 is 5.43 Å². The Morgan fingerprint density at radius 3 is 2.50 bits per heavy atom. The molecule has 0 atom stereocenters. The van der Waals surface area contributed by atoms with Gasteiger partial charge < -0.3 is 9.47 Å². The normalized spacial score (nSPS) is 16.2. The van der Waals surface area contributed by atoms with E-state index in [2.05, 4.69) is 4.98 Å². The van der Waals surface area contributed by atoms with E-state index in [0.717, 1.165) is 5.69 Å². The second kappa shape index (κ2) is 6.83. The Labute approximate surface area is 152 Å². The van der Waals surface area contributed by atoms with Crippen molar-refractivity contribution in [2.75, 3.05) is 19.3 Å². The number of carbonyl (C=O) groups excluding carboxylic acids is 1. The first kappa shape index (κ1) is 18.6. The molecular formula is C18H23N3O4S. The summed E-state index contributed by atoms with van der Waals surface area (Å²) in [7, 11) is -3.10. The lowest BCUT2D eigenvalue weighted by Crippen LogP contribution is -2.43. The summed E-state index contributed by atoms with van der Waals surface area (Å²) in [6, 6.07) is 3.47. The Morgan fingerprint density at radius 2 is 1.92 bits per heavy atom. The molecule has 1 saturated heterocycles. The summed E-state index contributed by atoms with van der Waals surface area (Å²) >= 11 is 0. The van der Waals surface area contributed by atoms with Gasteiger partial charge in [-0.05, 0) is 38.8 Å². The summed E-state index contributed by atoms with van der Waals surface area (Å²) in [5.74, 6) is -0.341. The van der Waals surface area contributed by atoms with E-state index < -0.39 is 15.1 Å². The zero-order valence-electron chi connectivity index (χ0n) is 15.2. The highest BCUT2D eigenvalue weighted by Gasteiger charge is 2.30. The van der Waals surface area contributed by atoms with Crippen molar-refractivity contribution >= 4 is 26.8 Å². The number of aryl methyl sites for hydroxylation is 2. The first-order valence-corrected chi connectivity index (χ1v) is 10.7. The first-order chi connectivity index (χ1) is 12.2. The van der Waals surface area contributed by atoms with Crippen molar-refractivity contribution in [3.63, 3.8) is 0 Å². The van der Waals surface area contributed by atoms with Gasteiger partial charge >= 0.3 is 0 Å². The average molecular weight is 377 g/mol. The first-order valence-electron chi connectivity index (χ1n) is 8.71. The van der Waals surface area contributed by atoms with Crippen molar-refractivity contribution in [1.82, 2.24) is 14.5 Å². The maximum atomic E-state index is 12.9. The van der Waals surface area contributed by atoms with Crippen molar-refractivity contribution in [3.05, 3.63) is 39.8 Å². The summed E-state index contributed by atoms with van der Waals surface area (Å²) in [4.78, 5) is 31.7. The molecule has 0 radical (unpaired) electrons. The largest absolute Gasteiger partial charge is 0.338 e. The molecule has 2 aromatic rings. The van der Waals surface area contributed by atoms with E-state index >= 15 is 0 Å². The molecule has 0 spiro atoms. The van der Waals surface area contributed by atoms with Crippen molar-refractivity contribution in [2.24, 2.45) is 0 Å². The summed E-state index contributed by atoms with van der Waals surface area (Å²) in [5.41, 5.74) is 1.17. The molecule has 0 saturated carbocycles. The molecule has 7 nitrogen and oxygen atoms in total. The highest BCUT2D eigenvalue weighted by molar-refractivity contribution is 7.91. The molecule has 1 amide bonds. The van der Waals surface area contributed by atoms with Crippen LogP contribution in [-0.2, 0) is 16.4 Å². The van der Waals surface area contributed by atoms with Crippen molar-refractivity contribution in [3.8, 4) is 0 Å². The third kappa shape index (κ3) is 3.38. The van der Waals surface area contributed by atoms with Gasteiger partial charge in [-0.25, -0.2) is 13.4 Å². The van der Waals surface area contributed by atoms with Gasteiger partial charge in [0.25, 0.3) is 5.91 Å². The van der Waals surface area contributed by atoms with Crippen molar-refractivity contribution < 1.29 is 13.2 Å². The molecule has 0 aromatic carbocycles. The number of likely N-dealkylation sites (tertiary alicyclic amines) is 1. The summed E-state index contributed by atoms with van der Waals surface area (Å²) in [5, 5.41) is 0.0111. The average Bonchev–Trinajstić information content (AvgIpc) is 2.61. The lowest BCUT2D eigenvalue weighted by Gasteiger charge is -2.31. The molecule has 0 N–H and O–H groups in total. The smallest absolute Gasteiger partial charge is 0.259 e. The maximum Gasteiger partial charge on any atom is 0.259 e. The van der Waals surface area contributed by atoms with Crippen LogP contribution in [-0.4, -0.2) is 53.4 Å². The van der Waals surface area contributed by atoms with Crippen LogP contribution in [0.15, 0.2) is 23.1 Å². The van der Waals surface area contributed by atoms with Gasteiger partial charge in [0, 0.05) is 37.8 Å². The zero-order valence-corrected chi connectivity index (χ0v) is 16.0. The fourth-order valence-electron chi connectivity index (χ4n) is 3.41. The van der Waals surface area contributed by atoms with E-state index in [9.17, 15) is 18.0 Å². The fourth-order valence-corrected chi connectivity index (χ4v) is 4.48. The maximum absolute atomic E-state index is 12.9. The van der Waals surface area contributed by atoms with Gasteiger partial charge in [0.15, 0.2) is 0 Å². The Balaban J connectivity index is 1.96. The minimum absolute atomic E-state index is 0.114. The lowest BCUT2D eigenvalue weighted by atomic mass is 10.1. The second-order valence-corrected chi connectivity index (χ2v) is 9.13. The van der Waals surface area contributed by atoms with Gasteiger partial charge in [-0.2, -0.15) is 0 Å². The Kier molecular flexibility index (Phi) is 4.88. The quantitative estimate of drug-likeness (QED) is 0.806. The van der Waals surface area contributed by atoms with Crippen LogP contribution in [0.25, 0.3) is 11.0 Å². The molecule has 1 aliphatic rings. The summed E-state index contributed by atoms with van der Waals surface area (Å²) < 4.78 is 25.2. The van der Waals surface area contributed by atoms with Crippen molar-refractivity contribution in [2.45, 2.75) is 38.5 Å². The number of nitrogens with zero attached hydrogens (tertiary/aromatic N) is 3. The van der Waals surface area contributed by atoms with E-state index in [-0.39, 0.29) is 16.9 Å². The van der Waals surface area contributed by atoms with E-state index in [1.807, 2.05) is 13.8 Å². The van der Waals surface area contributed by atoms with E-state index in [4.69, 9.17) is 0 Å². The highest BCUT2D eigenvalue weighted by Crippen LogP contribution is 2.19. The van der Waals surface area contributed by atoms with Gasteiger partial charge in [-0.3, -0.25) is 9.59 Å². The van der Waals surface area contributed by atoms with E-state index in [1.165, 1.54) is 6.26 Å². The molecule has 3 rings (SSSR count). The number of carbonyl (C=O) groups is 1. The molecule has 0 aliphatic carbocycles. The minimum Gasteiger partial charge on any atom is -0.338 e. The molecule has 2 aromatic heterocycles. The number of amides is 1. The Hall–Kier alpha value is -2.22. The third-order valence-electron chi connectivity index (χ3n) is 4.97. The number of pyridine rings is 2. The number of fused-ring (bicyclic) bond motifs is 1. The number of rotatable bonds is 3. The minimum atomic E-state index is -3.10. The lowest BCUT2D eigenvalue weighted by molar-refractivity contribution is 0.0724. The number of hydrogen-bond acceptors (Lipinski definition) is 5. The molecule has 140 valence electrons. The molecule has 3 heterocycles. The predicted octanol–water partition coefficient (Wildman–Crippen LogP) is 1.37. The molecule has 0 bridgehead atoms. The molecule has 26 heavy (non-hydrogen) atoms. The fraction of sp³-hybridized carbons (Fsp3) is 0.500. The van der Waals surface area contributed by atoms with Crippen LogP contribution in [0.2, 0.25) is 0 Å². The summed E-state index contributed by atoms with van der Waals surface area (Å²) in [6.45, 7) is 5.05. The number of piperidine rings is 1. The topological polar surface area (TPSA) is 89.3 Å². The van der Waals surface area contributed by atoms with E-state index in [0.29, 0.717) is 43.5 Å². The Bertz CT molecular complexity index is 1020. The zero-order chi connectivity index (χ0) is 19.1. The van der Waals surface area contributed by atoms with Gasteiger partial charge in [0.2, 0.25) is 5.43 Å². The van der Waals surface area contributed by atoms with Gasteiger partial charge in [-0.15, -0.1) is 0 Å². The van der Waals surface area contributed by atoms with Crippen LogP contribution in [0.1, 0.15) is 35.8 Å². The molecule has 8 heteroatoms. The number of hydrogen-bond donors (Lipinski definition) is 0. The van der Waals surface area contributed by atoms with Crippen molar-refractivity contribution in [1.29, 1.82) is 0 Å². The molecule has 1 aliphatic heterocycles. The van der Waals surface area contributed by atoms with Crippen LogP contribution in [0.4, 0.5) is 0 Å². The van der Waals surface area contributed by atoms with E-state index in [1.54, 1.807) is 27.8 Å². The Morgan fingerprint density at radius 1 is 1.27 bits per heavy atom. The second-order valence-electron chi connectivity index (χ2n) is 6.80. The predicted molar refractivity (Wildman–Crippen MR) is 100 cm³/mol. The molecule has 0 unspecified atom stereocenters. The summed E-state index contributed by atoms with van der Waals surface area (Å²) in [6.07, 6.45) is 3.61. The highest BCUT2D eigenvalue weighted by atomic mass is 32.2. The monoisotopic (exact) mass is 377 g/mol. The van der Waals surface area contributed by atoms with Gasteiger partial charge in [0.05, 0.1) is 10.6 Å². The van der Waals surface area contributed by atoms with Crippen LogP contribution in [0.5, 0.6) is 0 Å². The van der Waals surface area contributed by atoms with Gasteiger partial charge in [-0.1, -0.05) is 0 Å². The third-order valence-corrected chi connectivity index (χ3v) is 6.65. The van der Waals surface area contributed by atoms with Crippen LogP contribution in [0, 0.1) is 6.92 Å². The number of sulfone groups is 1. The standard InChI is InChI=1S/C18H23N3O4S/c1-4-20-11-15(16(22)14-6-5-12(2)19-17(14)20)18(23)21-9-7-13(8-10-21)26(3,24)25/h5-6,11,13H,4,7-10H2,1-3H3. The van der Waals surface area contributed by atoms with Crippen LogP contribution in [0.3, 0.4) is 0 Å². The van der Waals surface area contributed by atoms with Gasteiger partial charge in [0.1, 0.15) is 21.0 Å². The van der Waals surface area contributed by atoms with Crippen LogP contribution >= 0.6 is 0 Å². The number of aromatic nitrogens is 2. The molecular weight excluding hydrogens is 354 g/mol.